The highest BCUT2D eigenvalue weighted by Gasteiger charge is 2.38. The van der Waals surface area contributed by atoms with E-state index in [1.54, 1.807) is 68.4 Å². The Morgan fingerprint density at radius 2 is 0.849 bits per heavy atom. The summed E-state index contributed by atoms with van der Waals surface area (Å²) in [4.78, 5) is 143. The van der Waals surface area contributed by atoms with Crippen LogP contribution in [0.5, 0.6) is 0 Å². The number of benzene rings is 2. The second kappa shape index (κ2) is 39.8. The average molecular weight is 1200 g/mol. The van der Waals surface area contributed by atoms with Gasteiger partial charge in [-0.15, -0.1) is 0 Å². The van der Waals surface area contributed by atoms with Gasteiger partial charge in [-0.05, 0) is 85.7 Å². The van der Waals surface area contributed by atoms with Crippen molar-refractivity contribution >= 4 is 59.3 Å². The molecule has 0 aromatic heterocycles. The highest BCUT2D eigenvalue weighted by atomic mass is 16.5. The van der Waals surface area contributed by atoms with E-state index in [4.69, 9.17) is 14.2 Å². The Kier molecular flexibility index (Phi) is 33.9. The molecular formula is C66H103N7O13. The van der Waals surface area contributed by atoms with Gasteiger partial charge in [0.1, 0.15) is 61.6 Å². The largest absolute Gasteiger partial charge is 0.461 e. The molecule has 1 fully saturated rings. The smallest absolute Gasteiger partial charge is 0.328 e. The monoisotopic (exact) mass is 1200 g/mol. The zero-order valence-corrected chi connectivity index (χ0v) is 53.2. The molecule has 0 spiro atoms. The zero-order chi connectivity index (χ0) is 63.7. The van der Waals surface area contributed by atoms with E-state index >= 15 is 0 Å². The summed E-state index contributed by atoms with van der Waals surface area (Å²) in [6.45, 7) is 20.0. The summed E-state index contributed by atoms with van der Waals surface area (Å²) >= 11 is 0. The van der Waals surface area contributed by atoms with Gasteiger partial charge in [-0.3, -0.25) is 43.2 Å². The standard InChI is InChI=1S/C66H103N7O13/c1-12-13-14-15-16-17-18-19-26-31-49-38-56(74)67-50(32-33-57(75)84-40-47-27-22-20-23-28-47)60(77)68-51(34-42(2)3)61(78)70-53(36-44(6)7)64(81)73-59(46(10)11)65(82)71-54(39-58(76)85-41-48-29-24-21-25-30-48)63(80)69-52(35-43(4)5)62(79)72-55(37-45(8)9)66(83)86-49/h20-25,27-30,42-46,49-55,59H,12-19,26,31-41H2,1-11H3,(H,67,74)(H,68,77)(H,69,80)(H,70,78)(H,71,82)(H,72,79)(H,73,81)/t49-,50+,51+,52-,53-,54+,55+,59+/m1/s1. The van der Waals surface area contributed by atoms with Crippen molar-refractivity contribution in [2.45, 2.75) is 253 Å². The number of hydrogen-bond acceptors (Lipinski definition) is 13. The lowest BCUT2D eigenvalue weighted by atomic mass is 9.98. The molecule has 2 aromatic carbocycles. The van der Waals surface area contributed by atoms with Gasteiger partial charge < -0.3 is 51.4 Å². The van der Waals surface area contributed by atoms with Gasteiger partial charge in [-0.1, -0.05) is 188 Å². The summed E-state index contributed by atoms with van der Waals surface area (Å²) in [5.74, 6) is -9.17. The fourth-order valence-corrected chi connectivity index (χ4v) is 10.0. The van der Waals surface area contributed by atoms with Crippen LogP contribution in [0.3, 0.4) is 0 Å². The van der Waals surface area contributed by atoms with Crippen LogP contribution in [0.1, 0.15) is 203 Å². The first-order chi connectivity index (χ1) is 40.8. The van der Waals surface area contributed by atoms with Crippen LogP contribution in [-0.2, 0) is 75.4 Å². The maximum absolute atomic E-state index is 14.6. The van der Waals surface area contributed by atoms with E-state index in [0.717, 1.165) is 44.1 Å². The highest BCUT2D eigenvalue weighted by molar-refractivity contribution is 5.98. The van der Waals surface area contributed by atoms with Crippen molar-refractivity contribution in [2.24, 2.45) is 29.6 Å². The Bertz CT molecular complexity index is 2440. The Hall–Kier alpha value is -6.86. The van der Waals surface area contributed by atoms with Gasteiger partial charge in [0.2, 0.25) is 41.4 Å². The lowest BCUT2D eigenvalue weighted by Crippen LogP contribution is -2.61. The predicted octanol–water partition coefficient (Wildman–Crippen LogP) is 8.11. The van der Waals surface area contributed by atoms with E-state index < -0.39 is 126 Å². The van der Waals surface area contributed by atoms with Gasteiger partial charge >= 0.3 is 17.9 Å². The summed E-state index contributed by atoms with van der Waals surface area (Å²) < 4.78 is 17.3. The molecule has 1 heterocycles. The van der Waals surface area contributed by atoms with E-state index in [9.17, 15) is 47.9 Å². The number of hydrogen-bond donors (Lipinski definition) is 7. The molecule has 3 rings (SSSR count). The number of cyclic esters (lactones) is 1. The number of rotatable bonds is 28. The van der Waals surface area contributed by atoms with Crippen LogP contribution in [-0.4, -0.2) is 108 Å². The summed E-state index contributed by atoms with van der Waals surface area (Å²) in [6.07, 6.45) is 6.94. The molecule has 0 aliphatic carbocycles. The minimum Gasteiger partial charge on any atom is -0.461 e. The van der Waals surface area contributed by atoms with Crippen LogP contribution in [0.4, 0.5) is 0 Å². The number of nitrogens with one attached hydrogen (secondary N) is 7. The fourth-order valence-electron chi connectivity index (χ4n) is 10.0. The third-order valence-corrected chi connectivity index (χ3v) is 14.7. The molecule has 20 nitrogen and oxygen atoms in total. The van der Waals surface area contributed by atoms with E-state index in [-0.39, 0.29) is 81.8 Å². The third kappa shape index (κ3) is 29.5. The van der Waals surface area contributed by atoms with Crippen molar-refractivity contribution < 1.29 is 62.2 Å². The van der Waals surface area contributed by atoms with Gasteiger partial charge in [0.25, 0.3) is 0 Å². The molecule has 480 valence electrons. The number of esters is 3. The van der Waals surface area contributed by atoms with Crippen molar-refractivity contribution in [3.05, 3.63) is 71.8 Å². The van der Waals surface area contributed by atoms with Crippen LogP contribution in [0.2, 0.25) is 0 Å². The number of amides is 7. The molecule has 7 amide bonds. The predicted molar refractivity (Wildman–Crippen MR) is 329 cm³/mol. The Morgan fingerprint density at radius 1 is 0.453 bits per heavy atom. The molecule has 0 saturated carbocycles. The van der Waals surface area contributed by atoms with Gasteiger partial charge in [0, 0.05) is 6.42 Å². The summed E-state index contributed by atoms with van der Waals surface area (Å²) in [5.41, 5.74) is 1.41. The third-order valence-electron chi connectivity index (χ3n) is 14.7. The van der Waals surface area contributed by atoms with E-state index in [1.807, 2.05) is 61.5 Å². The molecule has 1 aliphatic rings. The second-order valence-electron chi connectivity index (χ2n) is 25.1. The van der Waals surface area contributed by atoms with Crippen molar-refractivity contribution in [3.8, 4) is 0 Å². The van der Waals surface area contributed by atoms with Gasteiger partial charge in [0.05, 0.1) is 12.8 Å². The van der Waals surface area contributed by atoms with Crippen molar-refractivity contribution in [3.63, 3.8) is 0 Å². The minimum atomic E-state index is -1.64. The number of ether oxygens (including phenoxy) is 3. The maximum atomic E-state index is 14.6. The molecule has 0 bridgehead atoms. The lowest BCUT2D eigenvalue weighted by molar-refractivity contribution is -0.155. The summed E-state index contributed by atoms with van der Waals surface area (Å²) in [7, 11) is 0. The first-order valence-electron chi connectivity index (χ1n) is 31.6. The van der Waals surface area contributed by atoms with Crippen LogP contribution in [0, 0.1) is 29.6 Å². The normalized spacial score (nSPS) is 22.0. The molecule has 8 atom stereocenters. The zero-order valence-electron chi connectivity index (χ0n) is 53.2. The first kappa shape index (κ1) is 73.4. The number of unbranched alkanes of at least 4 members (excludes halogenated alkanes) is 8. The second-order valence-corrected chi connectivity index (χ2v) is 25.1. The quantitative estimate of drug-likeness (QED) is 0.0241. The van der Waals surface area contributed by atoms with Gasteiger partial charge in [0.15, 0.2) is 0 Å². The number of carbonyl (C=O) groups excluding carboxylic acids is 10. The van der Waals surface area contributed by atoms with Crippen molar-refractivity contribution in [2.75, 3.05) is 0 Å². The van der Waals surface area contributed by atoms with Crippen molar-refractivity contribution in [1.82, 2.24) is 37.2 Å². The van der Waals surface area contributed by atoms with E-state index in [2.05, 4.69) is 44.1 Å². The molecule has 86 heavy (non-hydrogen) atoms. The molecule has 20 heteroatoms. The molecule has 7 N–H and O–H groups in total. The molecule has 2 aromatic rings. The molecule has 1 aliphatic heterocycles. The molecule has 0 radical (unpaired) electrons. The van der Waals surface area contributed by atoms with E-state index in [0.29, 0.717) is 12.0 Å². The highest BCUT2D eigenvalue weighted by Crippen LogP contribution is 2.20. The molecule has 0 unspecified atom stereocenters. The summed E-state index contributed by atoms with van der Waals surface area (Å²) in [6, 6.07) is 8.41. The first-order valence-corrected chi connectivity index (χ1v) is 31.6. The number of carbonyl (C=O) groups is 10. The van der Waals surface area contributed by atoms with Crippen LogP contribution in [0.25, 0.3) is 0 Å². The fraction of sp³-hybridized carbons (Fsp3) is 0.667. The SMILES string of the molecule is CCCCCCCCCCC[C@@H]1CC(=O)N[C@@H](CCC(=O)OCc2ccccc2)C(=O)N[C@@H](CC(C)C)C(=O)N[C@H](CC(C)C)C(=O)N[C@@H](C(C)C)C(=O)N[C@@H](CC(=O)OCc2ccccc2)C(=O)N[C@H](CC(C)C)C(=O)N[C@@H](CC(C)C)C(=O)O1. The topological polar surface area (TPSA) is 283 Å². The van der Waals surface area contributed by atoms with E-state index in [1.165, 1.54) is 12.8 Å². The van der Waals surface area contributed by atoms with Crippen molar-refractivity contribution in [1.29, 1.82) is 0 Å². The lowest BCUT2D eigenvalue weighted by Gasteiger charge is -2.30. The Balaban J connectivity index is 2.18. The Morgan fingerprint density at radius 3 is 1.31 bits per heavy atom. The molecular weight excluding hydrogens is 1100 g/mol. The van der Waals surface area contributed by atoms with Gasteiger partial charge in [-0.25, -0.2) is 4.79 Å². The van der Waals surface area contributed by atoms with Crippen LogP contribution < -0.4 is 37.2 Å². The minimum absolute atomic E-state index is 0.0308. The van der Waals surface area contributed by atoms with Crippen LogP contribution >= 0.6 is 0 Å². The van der Waals surface area contributed by atoms with Crippen LogP contribution in [0.15, 0.2) is 60.7 Å². The average Bonchev–Trinajstić information content (AvgIpc) is 3.27. The molecule has 1 saturated heterocycles. The maximum Gasteiger partial charge on any atom is 0.328 e. The Labute approximate surface area is 511 Å². The summed E-state index contributed by atoms with van der Waals surface area (Å²) in [5, 5.41) is 19.3. The van der Waals surface area contributed by atoms with Gasteiger partial charge in [-0.2, -0.15) is 0 Å².